The van der Waals surface area contributed by atoms with Crippen LogP contribution in [0.2, 0.25) is 0 Å². The Kier molecular flexibility index (Phi) is 10.9. The van der Waals surface area contributed by atoms with Crippen molar-refractivity contribution in [1.82, 2.24) is 0 Å². The monoisotopic (exact) mass is 619 g/mol. The Balaban J connectivity index is 1.41. The molecule has 1 aromatic heterocycles. The van der Waals surface area contributed by atoms with Gasteiger partial charge in [0, 0.05) is 19.5 Å². The SMILES string of the molecule is CCN1C(=CC=CC=CC=CC2=Nc3c(ccc[n+]3CCCCCC(=O)O)C2(C)C)N(CCCS(=O)(=O)O)c2ccccc21. The van der Waals surface area contributed by atoms with Crippen molar-refractivity contribution in [2.24, 2.45) is 4.99 Å². The average molecular weight is 620 g/mol. The maximum absolute atomic E-state index is 11.3. The molecule has 0 saturated heterocycles. The third-order valence-corrected chi connectivity index (χ3v) is 8.74. The lowest BCUT2D eigenvalue weighted by Gasteiger charge is -2.24. The Hall–Kier alpha value is -4.02. The van der Waals surface area contributed by atoms with E-state index in [9.17, 15) is 17.8 Å². The van der Waals surface area contributed by atoms with Gasteiger partial charge >= 0.3 is 11.8 Å². The molecule has 9 nitrogen and oxygen atoms in total. The second kappa shape index (κ2) is 14.6. The molecule has 0 bridgehead atoms. The molecule has 0 spiro atoms. The number of aromatic nitrogens is 1. The minimum atomic E-state index is -4.01. The maximum Gasteiger partial charge on any atom is 0.327 e. The van der Waals surface area contributed by atoms with Crippen LogP contribution in [-0.2, 0) is 26.9 Å². The summed E-state index contributed by atoms with van der Waals surface area (Å²) in [6.07, 6.45) is 18.9. The van der Waals surface area contributed by atoms with E-state index in [-0.39, 0.29) is 17.6 Å². The van der Waals surface area contributed by atoms with E-state index in [1.54, 1.807) is 0 Å². The van der Waals surface area contributed by atoms with Gasteiger partial charge in [-0.1, -0.05) is 42.5 Å². The van der Waals surface area contributed by atoms with Crippen LogP contribution in [0.25, 0.3) is 0 Å². The first-order valence-electron chi connectivity index (χ1n) is 15.2. The average Bonchev–Trinajstić information content (AvgIpc) is 3.41. The zero-order valence-corrected chi connectivity index (χ0v) is 26.6. The summed E-state index contributed by atoms with van der Waals surface area (Å²) in [5.74, 6) is 0.894. The highest BCUT2D eigenvalue weighted by Gasteiger charge is 2.41. The molecule has 0 unspecified atom stereocenters. The van der Waals surface area contributed by atoms with Gasteiger partial charge in [0.2, 0.25) is 0 Å². The van der Waals surface area contributed by atoms with E-state index in [0.717, 1.165) is 54.7 Å². The lowest BCUT2D eigenvalue weighted by atomic mass is 9.82. The number of anilines is 2. The molecule has 0 saturated carbocycles. The molecule has 1 aromatic carbocycles. The Morgan fingerprint density at radius 2 is 1.66 bits per heavy atom. The molecular formula is C34H43N4O5S+. The number of fused-ring (bicyclic) bond motifs is 2. The number of unbranched alkanes of at least 4 members (excludes halogenated alkanes) is 2. The van der Waals surface area contributed by atoms with Crippen LogP contribution in [0, 0.1) is 0 Å². The lowest BCUT2D eigenvalue weighted by molar-refractivity contribution is -0.684. The van der Waals surface area contributed by atoms with Crippen LogP contribution in [0.3, 0.4) is 0 Å². The van der Waals surface area contributed by atoms with Crippen molar-refractivity contribution in [1.29, 1.82) is 0 Å². The van der Waals surface area contributed by atoms with E-state index in [1.807, 2.05) is 66.9 Å². The van der Waals surface area contributed by atoms with Crippen molar-refractivity contribution in [3.8, 4) is 0 Å². The number of rotatable bonds is 15. The van der Waals surface area contributed by atoms with Gasteiger partial charge in [0.15, 0.2) is 5.71 Å². The summed E-state index contributed by atoms with van der Waals surface area (Å²) in [4.78, 5) is 20.0. The van der Waals surface area contributed by atoms with Crippen LogP contribution >= 0.6 is 0 Å². The normalized spacial score (nSPS) is 16.9. The molecular weight excluding hydrogens is 576 g/mol. The Morgan fingerprint density at radius 3 is 2.36 bits per heavy atom. The molecule has 0 atom stereocenters. The highest BCUT2D eigenvalue weighted by atomic mass is 32.2. The predicted molar refractivity (Wildman–Crippen MR) is 176 cm³/mol. The molecule has 0 aliphatic carbocycles. The predicted octanol–water partition coefficient (Wildman–Crippen LogP) is 6.12. The minimum absolute atomic E-state index is 0.210. The molecule has 0 amide bonds. The zero-order valence-electron chi connectivity index (χ0n) is 25.8. The molecule has 0 fully saturated rings. The summed E-state index contributed by atoms with van der Waals surface area (Å²) in [7, 11) is -4.01. The summed E-state index contributed by atoms with van der Waals surface area (Å²) in [6.45, 7) is 8.46. The van der Waals surface area contributed by atoms with Crippen molar-refractivity contribution >= 4 is 39.0 Å². The molecule has 234 valence electrons. The molecule has 0 radical (unpaired) electrons. The van der Waals surface area contributed by atoms with E-state index in [2.05, 4.69) is 53.3 Å². The number of carboxylic acid groups (broad SMARTS) is 1. The fourth-order valence-corrected chi connectivity index (χ4v) is 6.15. The molecule has 2 aliphatic heterocycles. The van der Waals surface area contributed by atoms with Gasteiger partial charge in [-0.25, -0.2) is 4.57 Å². The highest BCUT2D eigenvalue weighted by Crippen LogP contribution is 2.41. The number of benzene rings is 1. The largest absolute Gasteiger partial charge is 0.481 e. The molecule has 2 aromatic rings. The first-order chi connectivity index (χ1) is 21.0. The minimum Gasteiger partial charge on any atom is -0.481 e. The van der Waals surface area contributed by atoms with Crippen LogP contribution in [-0.4, -0.2) is 48.6 Å². The van der Waals surface area contributed by atoms with Crippen molar-refractivity contribution in [3.63, 3.8) is 0 Å². The summed E-state index contributed by atoms with van der Waals surface area (Å²) in [5.41, 5.74) is 4.02. The van der Waals surface area contributed by atoms with Gasteiger partial charge in [-0.2, -0.15) is 8.42 Å². The van der Waals surface area contributed by atoms with Gasteiger partial charge in [-0.3, -0.25) is 9.35 Å². The Bertz CT molecular complexity index is 1600. The van der Waals surface area contributed by atoms with Crippen molar-refractivity contribution < 1.29 is 27.4 Å². The fraction of sp³-hybridized carbons (Fsp3) is 0.382. The number of aryl methyl sites for hydroxylation is 1. The van der Waals surface area contributed by atoms with Crippen LogP contribution in [0.5, 0.6) is 0 Å². The second-order valence-corrected chi connectivity index (χ2v) is 13.0. The number of para-hydroxylation sites is 2. The Morgan fingerprint density at radius 1 is 0.955 bits per heavy atom. The number of aliphatic imine (C=N–C) groups is 1. The molecule has 44 heavy (non-hydrogen) atoms. The molecule has 2 N–H and O–H groups in total. The Labute approximate surface area is 261 Å². The third-order valence-electron chi connectivity index (χ3n) is 7.93. The van der Waals surface area contributed by atoms with Gasteiger partial charge in [-0.15, -0.1) is 0 Å². The smallest absolute Gasteiger partial charge is 0.327 e. The topological polar surface area (TPSA) is 114 Å². The van der Waals surface area contributed by atoms with E-state index in [0.29, 0.717) is 19.4 Å². The van der Waals surface area contributed by atoms with Gasteiger partial charge in [0.25, 0.3) is 10.1 Å². The van der Waals surface area contributed by atoms with E-state index < -0.39 is 16.1 Å². The fourth-order valence-electron chi connectivity index (χ4n) is 5.65. The maximum atomic E-state index is 11.3. The number of hydrogen-bond donors (Lipinski definition) is 2. The van der Waals surface area contributed by atoms with Crippen LogP contribution in [0.15, 0.2) is 95.9 Å². The number of hydrogen-bond acceptors (Lipinski definition) is 6. The number of pyridine rings is 1. The molecule has 10 heteroatoms. The second-order valence-electron chi connectivity index (χ2n) is 11.4. The number of aliphatic carboxylic acids is 1. The number of carboxylic acids is 1. The number of allylic oxidation sites excluding steroid dienone is 7. The molecule has 4 rings (SSSR count). The summed E-state index contributed by atoms with van der Waals surface area (Å²) in [5, 5.41) is 8.86. The van der Waals surface area contributed by atoms with E-state index in [1.165, 1.54) is 5.56 Å². The highest BCUT2D eigenvalue weighted by molar-refractivity contribution is 7.85. The first kappa shape index (κ1) is 32.9. The third kappa shape index (κ3) is 8.12. The van der Waals surface area contributed by atoms with E-state index in [4.69, 9.17) is 10.1 Å². The summed E-state index contributed by atoms with van der Waals surface area (Å²) in [6, 6.07) is 12.2. The van der Waals surface area contributed by atoms with Crippen molar-refractivity contribution in [3.05, 3.63) is 96.5 Å². The van der Waals surface area contributed by atoms with E-state index >= 15 is 0 Å². The van der Waals surface area contributed by atoms with Crippen molar-refractivity contribution in [2.75, 3.05) is 28.6 Å². The van der Waals surface area contributed by atoms with Gasteiger partial charge in [0.05, 0.1) is 40.8 Å². The molecule has 2 aliphatic rings. The summed E-state index contributed by atoms with van der Waals surface area (Å²) >= 11 is 0. The van der Waals surface area contributed by atoms with Gasteiger partial charge in [-0.05, 0) is 87.9 Å². The first-order valence-corrected chi connectivity index (χ1v) is 16.8. The van der Waals surface area contributed by atoms with Crippen LogP contribution in [0.1, 0.15) is 58.4 Å². The zero-order chi connectivity index (χ0) is 31.7. The number of carbonyl (C=O) groups is 1. The lowest BCUT2D eigenvalue weighted by Crippen LogP contribution is -2.34. The summed E-state index contributed by atoms with van der Waals surface area (Å²) < 4.78 is 33.9. The van der Waals surface area contributed by atoms with Crippen molar-refractivity contribution in [2.45, 2.75) is 64.8 Å². The quantitative estimate of drug-likeness (QED) is 0.107. The number of nitrogens with zero attached hydrogens (tertiary/aromatic N) is 4. The van der Waals surface area contributed by atoms with Gasteiger partial charge in [0.1, 0.15) is 5.82 Å². The standard InChI is InChI=1S/C34H42N4O5S/c1-4-37-28-18-12-13-19-29(28)38(25-16-26-44(41,42)43)31(37)21-10-7-5-6-9-20-30-34(2,3)27-17-15-24-36(33(27)35-30)23-14-8-11-22-32(39)40/h5-7,9-10,12-13,15,17-21,24H,4,8,11,14,16,22-23,25-26H2,1-3H3,(H-,39,40,41,42,43)/p+1. The van der Waals surface area contributed by atoms with Crippen LogP contribution in [0.4, 0.5) is 17.2 Å². The van der Waals surface area contributed by atoms with Crippen LogP contribution < -0.4 is 14.4 Å². The molecule has 3 heterocycles. The van der Waals surface area contributed by atoms with Gasteiger partial charge < -0.3 is 14.9 Å².